The smallest absolute Gasteiger partial charge is 0.249 e. The summed E-state index contributed by atoms with van der Waals surface area (Å²) in [6.07, 6.45) is 0. The minimum Gasteiger partial charge on any atom is -0.495 e. The van der Waals surface area contributed by atoms with Crippen molar-refractivity contribution < 1.29 is 14.3 Å². The number of halogens is 1. The van der Waals surface area contributed by atoms with Gasteiger partial charge in [-0.05, 0) is 38.7 Å². The van der Waals surface area contributed by atoms with Gasteiger partial charge in [-0.3, -0.25) is 4.79 Å². The Kier molecular flexibility index (Phi) is 4.16. The van der Waals surface area contributed by atoms with Crippen molar-refractivity contribution in [3.63, 3.8) is 0 Å². The van der Waals surface area contributed by atoms with Crippen LogP contribution in [0.5, 0.6) is 11.5 Å². The van der Waals surface area contributed by atoms with Gasteiger partial charge in [0.25, 0.3) is 0 Å². The zero-order valence-corrected chi connectivity index (χ0v) is 10.2. The zero-order valence-electron chi connectivity index (χ0n) is 8.60. The molecule has 16 heavy (non-hydrogen) atoms. The van der Waals surface area contributed by atoms with Gasteiger partial charge in [0.05, 0.1) is 14.2 Å². The third-order valence-electron chi connectivity index (χ3n) is 1.83. The molecule has 84 valence electrons. The van der Waals surface area contributed by atoms with Crippen LogP contribution in [0.15, 0.2) is 21.7 Å². The molecule has 0 saturated heterocycles. The van der Waals surface area contributed by atoms with Crippen molar-refractivity contribution in [1.82, 2.24) is 0 Å². The van der Waals surface area contributed by atoms with E-state index in [0.717, 1.165) is 0 Å². The third-order valence-corrected chi connectivity index (χ3v) is 2.61. The number of hydrogen-bond acceptors (Lipinski definition) is 3. The summed E-state index contributed by atoms with van der Waals surface area (Å²) in [4.78, 5) is 13.8. The first-order valence-corrected chi connectivity index (χ1v) is 4.94. The number of carbonyl (C=O) groups is 1. The monoisotopic (exact) mass is 285 g/mol. The van der Waals surface area contributed by atoms with Gasteiger partial charge >= 0.3 is 0 Å². The average Bonchev–Trinajstić information content (AvgIpc) is 2.29. The molecule has 0 saturated carbocycles. The predicted octanol–water partition coefficient (Wildman–Crippen LogP) is 2.92. The largest absolute Gasteiger partial charge is 0.495 e. The molecule has 0 fully saturated rings. The Morgan fingerprint density at radius 2 is 1.88 bits per heavy atom. The second-order valence-electron chi connectivity index (χ2n) is 2.69. The normalized spacial score (nSPS) is 9.19. The maximum atomic E-state index is 11.3. The molecule has 0 heterocycles. The molecular weight excluding hydrogens is 278 g/mol. The van der Waals surface area contributed by atoms with E-state index in [1.165, 1.54) is 26.4 Å². The molecule has 0 bridgehead atoms. The second-order valence-corrected chi connectivity index (χ2v) is 3.48. The Labute approximate surface area is 99.9 Å². The Balaban J connectivity index is 3.32. The maximum Gasteiger partial charge on any atom is 0.249 e. The molecule has 0 N–H and O–H groups in total. The summed E-state index contributed by atoms with van der Waals surface area (Å²) >= 11 is 3.26. The first kappa shape index (κ1) is 12.4. The van der Waals surface area contributed by atoms with Crippen LogP contribution in [-0.2, 0) is 0 Å². The number of nitrogens with zero attached hydrogens (tertiary/aromatic N) is 3. The van der Waals surface area contributed by atoms with E-state index in [-0.39, 0.29) is 5.56 Å². The molecule has 1 aromatic rings. The van der Waals surface area contributed by atoms with Crippen molar-refractivity contribution in [3.05, 3.63) is 32.6 Å². The topological polar surface area (TPSA) is 84.3 Å². The number of ether oxygens (including phenoxy) is 2. The van der Waals surface area contributed by atoms with Crippen LogP contribution < -0.4 is 9.47 Å². The Bertz CT molecular complexity index is 444. The molecule has 0 aliphatic heterocycles. The summed E-state index contributed by atoms with van der Waals surface area (Å²) in [6.45, 7) is 0. The number of azide groups is 1. The van der Waals surface area contributed by atoms with Crippen LogP contribution in [0.3, 0.4) is 0 Å². The number of carbonyl (C=O) groups excluding carboxylic acids is 1. The summed E-state index contributed by atoms with van der Waals surface area (Å²) in [5, 5.41) is 2.99. The number of benzene rings is 1. The van der Waals surface area contributed by atoms with Gasteiger partial charge in [0.1, 0.15) is 16.0 Å². The highest BCUT2D eigenvalue weighted by Gasteiger charge is 2.13. The molecule has 1 amide bonds. The highest BCUT2D eigenvalue weighted by atomic mass is 79.9. The average molecular weight is 286 g/mol. The minimum absolute atomic E-state index is 0.203. The molecule has 0 aliphatic rings. The van der Waals surface area contributed by atoms with Crippen molar-refractivity contribution in [2.75, 3.05) is 14.2 Å². The second kappa shape index (κ2) is 5.39. The molecule has 0 aromatic heterocycles. The van der Waals surface area contributed by atoms with Gasteiger partial charge in [-0.1, -0.05) is 0 Å². The zero-order chi connectivity index (χ0) is 12.1. The summed E-state index contributed by atoms with van der Waals surface area (Å²) in [6, 6.07) is 2.92. The van der Waals surface area contributed by atoms with Gasteiger partial charge in [-0.15, -0.1) is 0 Å². The number of methoxy groups -OCH3 is 2. The van der Waals surface area contributed by atoms with Crippen LogP contribution in [0.4, 0.5) is 0 Å². The maximum absolute atomic E-state index is 11.3. The standard InChI is InChI=1S/C9H8BrN3O3/c1-15-6-3-5(9(14)12-13-11)4-7(16-2)8(6)10/h3-4H,1-2H3. The lowest BCUT2D eigenvalue weighted by Crippen LogP contribution is -1.97. The van der Waals surface area contributed by atoms with E-state index >= 15 is 0 Å². The first-order chi connectivity index (χ1) is 7.63. The van der Waals surface area contributed by atoms with Crippen LogP contribution in [0.2, 0.25) is 0 Å². The first-order valence-electron chi connectivity index (χ1n) is 4.15. The fourth-order valence-corrected chi connectivity index (χ4v) is 1.64. The van der Waals surface area contributed by atoms with Crippen molar-refractivity contribution in [1.29, 1.82) is 0 Å². The van der Waals surface area contributed by atoms with E-state index in [4.69, 9.17) is 15.0 Å². The van der Waals surface area contributed by atoms with Crippen molar-refractivity contribution >= 4 is 21.8 Å². The Morgan fingerprint density at radius 1 is 1.38 bits per heavy atom. The summed E-state index contributed by atoms with van der Waals surface area (Å²) in [5.41, 5.74) is 8.37. The number of rotatable bonds is 3. The summed E-state index contributed by atoms with van der Waals surface area (Å²) in [7, 11) is 2.92. The fourth-order valence-electron chi connectivity index (χ4n) is 1.09. The van der Waals surface area contributed by atoms with Crippen LogP contribution >= 0.6 is 15.9 Å². The van der Waals surface area contributed by atoms with Crippen molar-refractivity contribution in [2.24, 2.45) is 5.11 Å². The van der Waals surface area contributed by atoms with Crippen LogP contribution in [0.25, 0.3) is 10.4 Å². The summed E-state index contributed by atoms with van der Waals surface area (Å²) in [5.74, 6) is 0.165. The molecule has 1 aromatic carbocycles. The predicted molar refractivity (Wildman–Crippen MR) is 60.7 cm³/mol. The van der Waals surface area contributed by atoms with Crippen LogP contribution in [-0.4, -0.2) is 20.1 Å². The van der Waals surface area contributed by atoms with Crippen molar-refractivity contribution in [3.8, 4) is 11.5 Å². The van der Waals surface area contributed by atoms with Gasteiger partial charge < -0.3 is 9.47 Å². The molecule has 0 spiro atoms. The molecule has 0 atom stereocenters. The minimum atomic E-state index is -0.688. The summed E-state index contributed by atoms with van der Waals surface area (Å²) < 4.78 is 10.7. The van der Waals surface area contributed by atoms with E-state index in [1.807, 2.05) is 0 Å². The third kappa shape index (κ3) is 2.44. The van der Waals surface area contributed by atoms with E-state index in [1.54, 1.807) is 0 Å². The van der Waals surface area contributed by atoms with E-state index in [0.29, 0.717) is 16.0 Å². The SMILES string of the molecule is COc1cc(C(=O)N=[N+]=[N-])cc(OC)c1Br. The van der Waals surface area contributed by atoms with Gasteiger partial charge in [-0.2, -0.15) is 0 Å². The molecule has 1 rings (SSSR count). The molecule has 0 aliphatic carbocycles. The molecule has 7 heteroatoms. The lowest BCUT2D eigenvalue weighted by molar-refractivity contribution is 0.0999. The van der Waals surface area contributed by atoms with Gasteiger partial charge in [0.2, 0.25) is 5.91 Å². The van der Waals surface area contributed by atoms with Gasteiger partial charge in [-0.25, -0.2) is 0 Å². The quantitative estimate of drug-likeness (QED) is 0.486. The highest BCUT2D eigenvalue weighted by Crippen LogP contribution is 2.35. The van der Waals surface area contributed by atoms with Crippen molar-refractivity contribution in [2.45, 2.75) is 0 Å². The fraction of sp³-hybridized carbons (Fsp3) is 0.222. The lowest BCUT2D eigenvalue weighted by Gasteiger charge is -2.09. The Morgan fingerprint density at radius 3 is 2.25 bits per heavy atom. The van der Waals surface area contributed by atoms with Crippen LogP contribution in [0.1, 0.15) is 10.4 Å². The molecule has 0 radical (unpaired) electrons. The number of hydrogen-bond donors (Lipinski definition) is 0. The van der Waals surface area contributed by atoms with Gasteiger partial charge in [0, 0.05) is 10.5 Å². The molecular formula is C9H8BrN3O3. The molecule has 0 unspecified atom stereocenters. The lowest BCUT2D eigenvalue weighted by atomic mass is 10.2. The van der Waals surface area contributed by atoms with Gasteiger partial charge in [0.15, 0.2) is 0 Å². The highest BCUT2D eigenvalue weighted by molar-refractivity contribution is 9.10. The van der Waals surface area contributed by atoms with Crippen LogP contribution in [0, 0.1) is 0 Å². The molecule has 6 nitrogen and oxygen atoms in total. The number of amides is 1. The van der Waals surface area contributed by atoms with E-state index < -0.39 is 5.91 Å². The Hall–Kier alpha value is -1.72. The van der Waals surface area contributed by atoms with E-state index in [2.05, 4.69) is 26.0 Å². The van der Waals surface area contributed by atoms with E-state index in [9.17, 15) is 4.79 Å².